The maximum Gasteiger partial charge on any atom is 0.252 e. The maximum atomic E-state index is 11.6. The van der Waals surface area contributed by atoms with Crippen LogP contribution in [0.25, 0.3) is 0 Å². The second-order valence-electron chi connectivity index (χ2n) is 5.84. The molecule has 0 radical (unpaired) electrons. The highest BCUT2D eigenvalue weighted by Gasteiger charge is 2.29. The van der Waals surface area contributed by atoms with Gasteiger partial charge in [-0.2, -0.15) is 0 Å². The molecule has 2 amide bonds. The first-order valence-corrected chi connectivity index (χ1v) is 7.17. The molecule has 2 unspecified atom stereocenters. The quantitative estimate of drug-likeness (QED) is 0.481. The van der Waals surface area contributed by atoms with Gasteiger partial charge in [-0.15, -0.1) is 0 Å². The van der Waals surface area contributed by atoms with Gasteiger partial charge in [0.2, 0.25) is 0 Å². The van der Waals surface area contributed by atoms with Crippen molar-refractivity contribution in [3.8, 4) is 0 Å². The molecule has 0 aliphatic heterocycles. The van der Waals surface area contributed by atoms with Gasteiger partial charge in [-0.3, -0.25) is 9.59 Å². The van der Waals surface area contributed by atoms with Crippen LogP contribution in [-0.2, 0) is 9.59 Å². The highest BCUT2D eigenvalue weighted by molar-refractivity contribution is 5.90. The van der Waals surface area contributed by atoms with Crippen molar-refractivity contribution in [2.24, 2.45) is 11.8 Å². The third-order valence-corrected chi connectivity index (χ3v) is 2.88. The summed E-state index contributed by atoms with van der Waals surface area (Å²) in [6.07, 6.45) is -1.92. The lowest BCUT2D eigenvalue weighted by atomic mass is 10.1. The van der Waals surface area contributed by atoms with Crippen LogP contribution in [0.4, 0.5) is 0 Å². The first kappa shape index (κ1) is 18.9. The average Bonchev–Trinajstić information content (AvgIpc) is 2.35. The number of amides is 2. The number of aliphatic hydroxyl groups is 2. The molecule has 0 saturated carbocycles. The molecule has 0 aromatic heterocycles. The van der Waals surface area contributed by atoms with E-state index in [0.717, 1.165) is 12.8 Å². The molecule has 2 atom stereocenters. The van der Waals surface area contributed by atoms with Crippen LogP contribution in [0, 0.1) is 11.8 Å². The van der Waals surface area contributed by atoms with Gasteiger partial charge in [0.25, 0.3) is 11.8 Å². The Labute approximate surface area is 120 Å². The van der Waals surface area contributed by atoms with E-state index in [1.165, 1.54) is 0 Å². The molecule has 118 valence electrons. The van der Waals surface area contributed by atoms with Gasteiger partial charge < -0.3 is 20.8 Å². The second-order valence-corrected chi connectivity index (χ2v) is 5.84. The fourth-order valence-electron chi connectivity index (χ4n) is 1.46. The molecule has 0 aliphatic carbocycles. The smallest absolute Gasteiger partial charge is 0.252 e. The van der Waals surface area contributed by atoms with Crippen LogP contribution in [0.5, 0.6) is 0 Å². The van der Waals surface area contributed by atoms with Gasteiger partial charge >= 0.3 is 0 Å². The normalized spacial score (nSPS) is 14.2. The minimum absolute atomic E-state index is 0.412. The van der Waals surface area contributed by atoms with E-state index in [0.29, 0.717) is 24.9 Å². The van der Waals surface area contributed by atoms with Crippen LogP contribution in [0.2, 0.25) is 0 Å². The van der Waals surface area contributed by atoms with Crippen molar-refractivity contribution >= 4 is 11.8 Å². The van der Waals surface area contributed by atoms with Gasteiger partial charge in [0.15, 0.2) is 12.2 Å². The Hall–Kier alpha value is -1.14. The highest BCUT2D eigenvalue weighted by Crippen LogP contribution is 2.00. The summed E-state index contributed by atoms with van der Waals surface area (Å²) in [6, 6.07) is 0. The Morgan fingerprint density at radius 3 is 1.35 bits per heavy atom. The van der Waals surface area contributed by atoms with Crippen LogP contribution < -0.4 is 10.6 Å². The first-order chi connectivity index (χ1) is 9.25. The fourth-order valence-corrected chi connectivity index (χ4v) is 1.46. The van der Waals surface area contributed by atoms with Crippen LogP contribution in [0.15, 0.2) is 0 Å². The van der Waals surface area contributed by atoms with E-state index in [1.807, 2.05) is 27.7 Å². The maximum absolute atomic E-state index is 11.6. The van der Waals surface area contributed by atoms with E-state index in [2.05, 4.69) is 10.6 Å². The van der Waals surface area contributed by atoms with Crippen molar-refractivity contribution in [1.82, 2.24) is 10.6 Å². The standard InChI is InChI=1S/C14H28N2O4/c1-9(2)5-7-15-13(19)11(17)12(18)14(20)16-8-6-10(3)4/h9-12,17-18H,5-8H2,1-4H3,(H,15,19)(H,16,20). The van der Waals surface area contributed by atoms with Crippen LogP contribution in [0.3, 0.4) is 0 Å². The minimum Gasteiger partial charge on any atom is -0.380 e. The molecule has 0 aliphatic rings. The van der Waals surface area contributed by atoms with Gasteiger partial charge in [-0.1, -0.05) is 27.7 Å². The Balaban J connectivity index is 4.07. The fraction of sp³-hybridized carbons (Fsp3) is 0.857. The predicted molar refractivity (Wildman–Crippen MR) is 76.9 cm³/mol. The molecule has 0 spiro atoms. The van der Waals surface area contributed by atoms with Crippen molar-refractivity contribution < 1.29 is 19.8 Å². The number of rotatable bonds is 9. The van der Waals surface area contributed by atoms with E-state index in [4.69, 9.17) is 0 Å². The zero-order valence-corrected chi connectivity index (χ0v) is 12.8. The summed E-state index contributed by atoms with van der Waals surface area (Å²) < 4.78 is 0. The van der Waals surface area contributed by atoms with E-state index in [-0.39, 0.29) is 0 Å². The molecule has 0 saturated heterocycles. The van der Waals surface area contributed by atoms with Gasteiger partial charge in [0, 0.05) is 13.1 Å². The lowest BCUT2D eigenvalue weighted by Crippen LogP contribution is -2.49. The molecular weight excluding hydrogens is 260 g/mol. The Kier molecular flexibility index (Phi) is 9.16. The molecule has 6 nitrogen and oxygen atoms in total. The molecule has 6 heteroatoms. The van der Waals surface area contributed by atoms with Crippen molar-refractivity contribution in [3.63, 3.8) is 0 Å². The van der Waals surface area contributed by atoms with Crippen LogP contribution >= 0.6 is 0 Å². The number of aliphatic hydroxyl groups excluding tert-OH is 2. The number of carbonyl (C=O) groups is 2. The third-order valence-electron chi connectivity index (χ3n) is 2.88. The summed E-state index contributed by atoms with van der Waals surface area (Å²) in [5.41, 5.74) is 0. The molecule has 0 heterocycles. The summed E-state index contributed by atoms with van der Waals surface area (Å²) in [5, 5.41) is 24.2. The molecular formula is C14H28N2O4. The van der Waals surface area contributed by atoms with Gasteiger partial charge in [0.05, 0.1) is 0 Å². The summed E-state index contributed by atoms with van der Waals surface area (Å²) in [7, 11) is 0. The molecule has 20 heavy (non-hydrogen) atoms. The zero-order chi connectivity index (χ0) is 15.7. The number of carbonyl (C=O) groups excluding carboxylic acids is 2. The number of hydrogen-bond acceptors (Lipinski definition) is 4. The molecule has 0 aromatic carbocycles. The highest BCUT2D eigenvalue weighted by atomic mass is 16.3. The monoisotopic (exact) mass is 288 g/mol. The lowest BCUT2D eigenvalue weighted by Gasteiger charge is -2.17. The van der Waals surface area contributed by atoms with Crippen molar-refractivity contribution in [2.75, 3.05) is 13.1 Å². The lowest BCUT2D eigenvalue weighted by molar-refractivity contribution is -0.146. The van der Waals surface area contributed by atoms with Gasteiger partial charge in [-0.25, -0.2) is 0 Å². The van der Waals surface area contributed by atoms with Gasteiger partial charge in [-0.05, 0) is 24.7 Å². The SMILES string of the molecule is CC(C)CCNC(=O)C(O)C(O)C(=O)NCCC(C)C. The molecule has 0 bridgehead atoms. The molecule has 0 fully saturated rings. The largest absolute Gasteiger partial charge is 0.380 e. The molecule has 0 rings (SSSR count). The third kappa shape index (κ3) is 8.12. The molecule has 0 aromatic rings. The van der Waals surface area contributed by atoms with Crippen molar-refractivity contribution in [2.45, 2.75) is 52.7 Å². The van der Waals surface area contributed by atoms with E-state index in [9.17, 15) is 19.8 Å². The topological polar surface area (TPSA) is 98.7 Å². The summed E-state index contributed by atoms with van der Waals surface area (Å²) in [5.74, 6) is -0.595. The first-order valence-electron chi connectivity index (χ1n) is 7.17. The van der Waals surface area contributed by atoms with E-state index < -0.39 is 24.0 Å². The average molecular weight is 288 g/mol. The summed E-state index contributed by atoms with van der Waals surface area (Å²) >= 11 is 0. The summed E-state index contributed by atoms with van der Waals surface area (Å²) in [6.45, 7) is 8.88. The number of hydrogen-bond donors (Lipinski definition) is 4. The summed E-state index contributed by atoms with van der Waals surface area (Å²) in [4.78, 5) is 23.1. The second kappa shape index (κ2) is 9.72. The zero-order valence-electron chi connectivity index (χ0n) is 12.8. The Morgan fingerprint density at radius 1 is 0.800 bits per heavy atom. The predicted octanol–water partition coefficient (Wildman–Crippen LogP) is 0.0328. The minimum atomic E-state index is -1.73. The van der Waals surface area contributed by atoms with Crippen molar-refractivity contribution in [1.29, 1.82) is 0 Å². The van der Waals surface area contributed by atoms with Gasteiger partial charge in [0.1, 0.15) is 0 Å². The van der Waals surface area contributed by atoms with Crippen molar-refractivity contribution in [3.05, 3.63) is 0 Å². The van der Waals surface area contributed by atoms with Crippen LogP contribution in [0.1, 0.15) is 40.5 Å². The number of nitrogens with one attached hydrogen (secondary N) is 2. The van der Waals surface area contributed by atoms with Crippen LogP contribution in [-0.4, -0.2) is 47.3 Å². The Bertz CT molecular complexity index is 276. The van der Waals surface area contributed by atoms with E-state index in [1.54, 1.807) is 0 Å². The molecule has 4 N–H and O–H groups in total. The van der Waals surface area contributed by atoms with E-state index >= 15 is 0 Å². The Morgan fingerprint density at radius 2 is 1.10 bits per heavy atom.